The molecule has 1 rings (SSSR count). The topological polar surface area (TPSA) is 57.6 Å². The number of hydrogen-bond acceptors (Lipinski definition) is 3. The fourth-order valence-electron chi connectivity index (χ4n) is 1.87. The van der Waals surface area contributed by atoms with Gasteiger partial charge in [-0.25, -0.2) is 0 Å². The van der Waals surface area contributed by atoms with Crippen molar-refractivity contribution in [1.82, 2.24) is 4.90 Å². The largest absolute Gasteiger partial charge is 0.480 e. The van der Waals surface area contributed by atoms with Crippen molar-refractivity contribution < 1.29 is 14.7 Å². The third-order valence-electron chi connectivity index (χ3n) is 3.40. The minimum Gasteiger partial charge on any atom is -0.480 e. The van der Waals surface area contributed by atoms with Gasteiger partial charge >= 0.3 is 5.97 Å². The number of benzene rings is 1. The van der Waals surface area contributed by atoms with Crippen molar-refractivity contribution in [2.45, 2.75) is 37.3 Å². The van der Waals surface area contributed by atoms with Crippen LogP contribution in [0.5, 0.6) is 0 Å². The van der Waals surface area contributed by atoms with E-state index >= 15 is 0 Å². The summed E-state index contributed by atoms with van der Waals surface area (Å²) in [4.78, 5) is 25.9. The van der Waals surface area contributed by atoms with Gasteiger partial charge in [-0.15, -0.1) is 11.8 Å². The highest BCUT2D eigenvalue weighted by atomic mass is 32.2. The number of hydrogen-bond donors (Lipinski definition) is 1. The molecule has 116 valence electrons. The summed E-state index contributed by atoms with van der Waals surface area (Å²) in [6, 6.07) is 7.18. The molecule has 1 aromatic carbocycles. The van der Waals surface area contributed by atoms with Crippen molar-refractivity contribution in [2.24, 2.45) is 5.92 Å². The van der Waals surface area contributed by atoms with Crippen LogP contribution < -0.4 is 0 Å². The lowest BCUT2D eigenvalue weighted by molar-refractivity contribution is -0.136. The molecule has 0 saturated carbocycles. The Morgan fingerprint density at radius 1 is 1.29 bits per heavy atom. The molecule has 0 fully saturated rings. The molecule has 0 aliphatic rings. The second kappa shape index (κ2) is 8.08. The highest BCUT2D eigenvalue weighted by Crippen LogP contribution is 2.27. The van der Waals surface area contributed by atoms with Crippen molar-refractivity contribution in [1.29, 1.82) is 0 Å². The van der Waals surface area contributed by atoms with Gasteiger partial charge in [-0.05, 0) is 25.0 Å². The van der Waals surface area contributed by atoms with Gasteiger partial charge in [0.25, 0.3) is 5.91 Å². The van der Waals surface area contributed by atoms with Gasteiger partial charge in [0.1, 0.15) is 5.25 Å². The first-order valence-electron chi connectivity index (χ1n) is 7.10. The molecule has 0 spiro atoms. The average molecular weight is 309 g/mol. The number of carboxylic acid groups (broad SMARTS) is 1. The zero-order valence-corrected chi connectivity index (χ0v) is 13.8. The van der Waals surface area contributed by atoms with Crippen molar-refractivity contribution in [3.63, 3.8) is 0 Å². The Balaban J connectivity index is 2.91. The molecule has 0 aromatic heterocycles. The fraction of sp³-hybridized carbons (Fsp3) is 0.500. The predicted octanol–water partition coefficient (Wildman–Crippen LogP) is 3.37. The molecule has 0 radical (unpaired) electrons. The van der Waals surface area contributed by atoms with Crippen LogP contribution in [0.2, 0.25) is 0 Å². The molecular formula is C16H23NO3S. The van der Waals surface area contributed by atoms with E-state index in [2.05, 4.69) is 13.8 Å². The summed E-state index contributed by atoms with van der Waals surface area (Å²) in [7, 11) is 1.79. The van der Waals surface area contributed by atoms with Gasteiger partial charge in [0.2, 0.25) is 0 Å². The first kappa shape index (κ1) is 17.6. The number of carbonyl (C=O) groups is 2. The maximum atomic E-state index is 12.5. The predicted molar refractivity (Wildman–Crippen MR) is 85.8 cm³/mol. The third-order valence-corrected chi connectivity index (χ3v) is 4.56. The van der Waals surface area contributed by atoms with Gasteiger partial charge in [-0.1, -0.05) is 32.4 Å². The Bertz CT molecular complexity index is 504. The Morgan fingerprint density at radius 2 is 1.90 bits per heavy atom. The molecule has 1 N–H and O–H groups in total. The van der Waals surface area contributed by atoms with E-state index in [-0.39, 0.29) is 5.91 Å². The zero-order valence-electron chi connectivity index (χ0n) is 13.0. The van der Waals surface area contributed by atoms with Crippen LogP contribution in [0.15, 0.2) is 29.2 Å². The lowest BCUT2D eigenvalue weighted by Gasteiger charge is -2.22. The lowest BCUT2D eigenvalue weighted by Crippen LogP contribution is -2.31. The lowest BCUT2D eigenvalue weighted by atomic mass is 10.1. The zero-order chi connectivity index (χ0) is 16.0. The molecule has 0 saturated heterocycles. The molecule has 1 aromatic rings. The van der Waals surface area contributed by atoms with Gasteiger partial charge < -0.3 is 10.0 Å². The molecule has 0 aliphatic heterocycles. The third kappa shape index (κ3) is 5.08. The molecule has 4 nitrogen and oxygen atoms in total. The van der Waals surface area contributed by atoms with Gasteiger partial charge in [-0.3, -0.25) is 9.59 Å². The Hall–Kier alpha value is -1.49. The van der Waals surface area contributed by atoms with Crippen LogP contribution in [0.1, 0.15) is 37.6 Å². The quantitative estimate of drug-likeness (QED) is 0.785. The first-order chi connectivity index (χ1) is 9.86. The van der Waals surface area contributed by atoms with Crippen LogP contribution in [0, 0.1) is 5.92 Å². The van der Waals surface area contributed by atoms with Crippen molar-refractivity contribution in [2.75, 3.05) is 13.6 Å². The number of thioether (sulfide) groups is 1. The summed E-state index contributed by atoms with van der Waals surface area (Å²) in [5.41, 5.74) is 0.571. The molecular weight excluding hydrogens is 286 g/mol. The number of rotatable bonds is 7. The molecule has 0 heterocycles. The van der Waals surface area contributed by atoms with E-state index in [9.17, 15) is 9.59 Å². The summed E-state index contributed by atoms with van der Waals surface area (Å²) in [5, 5.41) is 8.43. The van der Waals surface area contributed by atoms with Crippen LogP contribution in [0.4, 0.5) is 0 Å². The van der Waals surface area contributed by atoms with Crippen molar-refractivity contribution in [3.8, 4) is 0 Å². The van der Waals surface area contributed by atoms with Gasteiger partial charge in [-0.2, -0.15) is 0 Å². The van der Waals surface area contributed by atoms with Gasteiger partial charge in [0.05, 0.1) is 5.56 Å². The van der Waals surface area contributed by atoms with E-state index in [4.69, 9.17) is 5.11 Å². The number of carboxylic acids is 1. The summed E-state index contributed by atoms with van der Waals surface area (Å²) in [5.74, 6) is -0.497. The highest BCUT2D eigenvalue weighted by Gasteiger charge is 2.20. The number of nitrogens with zero attached hydrogens (tertiary/aromatic N) is 1. The van der Waals surface area contributed by atoms with E-state index < -0.39 is 11.2 Å². The Kier molecular flexibility index (Phi) is 6.75. The number of aliphatic carboxylic acids is 1. The van der Waals surface area contributed by atoms with Gasteiger partial charge in [0.15, 0.2) is 0 Å². The van der Waals surface area contributed by atoms with Crippen molar-refractivity contribution >= 4 is 23.6 Å². The SMILES string of the molecule is CCC(C)CN(C)C(=O)c1ccccc1SC(C)C(=O)O. The smallest absolute Gasteiger partial charge is 0.316 e. The van der Waals surface area contributed by atoms with E-state index in [0.717, 1.165) is 6.42 Å². The second-order valence-corrected chi connectivity index (χ2v) is 6.68. The standard InChI is InChI=1S/C16H23NO3S/c1-5-11(2)10-17(4)15(18)13-8-6-7-9-14(13)21-12(3)16(19)20/h6-9,11-12H,5,10H2,1-4H3,(H,19,20). The van der Waals surface area contributed by atoms with Crippen molar-refractivity contribution in [3.05, 3.63) is 29.8 Å². The van der Waals surface area contributed by atoms with Crippen LogP contribution in [0.25, 0.3) is 0 Å². The first-order valence-corrected chi connectivity index (χ1v) is 7.98. The van der Waals surface area contributed by atoms with Crippen LogP contribution in [0.3, 0.4) is 0 Å². The Morgan fingerprint density at radius 3 is 2.48 bits per heavy atom. The normalized spacial score (nSPS) is 13.5. The summed E-state index contributed by atoms with van der Waals surface area (Å²) >= 11 is 1.20. The van der Waals surface area contributed by atoms with E-state index in [1.165, 1.54) is 11.8 Å². The summed E-state index contributed by atoms with van der Waals surface area (Å²) in [6.07, 6.45) is 1.02. The molecule has 21 heavy (non-hydrogen) atoms. The fourth-order valence-corrected chi connectivity index (χ4v) is 2.79. The van der Waals surface area contributed by atoms with Crippen LogP contribution >= 0.6 is 11.8 Å². The number of amides is 1. The van der Waals surface area contributed by atoms with E-state index in [1.54, 1.807) is 37.1 Å². The summed E-state index contributed by atoms with van der Waals surface area (Å²) in [6.45, 7) is 6.53. The van der Waals surface area contributed by atoms with E-state index in [1.807, 2.05) is 6.07 Å². The minimum atomic E-state index is -0.879. The second-order valence-electron chi connectivity index (χ2n) is 5.29. The molecule has 0 bridgehead atoms. The van der Waals surface area contributed by atoms with E-state index in [0.29, 0.717) is 22.9 Å². The molecule has 2 atom stereocenters. The van der Waals surface area contributed by atoms with Gasteiger partial charge in [0, 0.05) is 18.5 Å². The monoisotopic (exact) mass is 309 g/mol. The average Bonchev–Trinajstić information content (AvgIpc) is 2.46. The summed E-state index contributed by atoms with van der Waals surface area (Å²) < 4.78 is 0. The molecule has 2 unspecified atom stereocenters. The maximum Gasteiger partial charge on any atom is 0.316 e. The molecule has 1 amide bonds. The van der Waals surface area contributed by atoms with Crippen LogP contribution in [-0.2, 0) is 4.79 Å². The molecule has 5 heteroatoms. The number of carbonyl (C=O) groups excluding carboxylic acids is 1. The highest BCUT2D eigenvalue weighted by molar-refractivity contribution is 8.00. The maximum absolute atomic E-state index is 12.5. The Labute approximate surface area is 130 Å². The molecule has 0 aliphatic carbocycles. The minimum absolute atomic E-state index is 0.0593. The van der Waals surface area contributed by atoms with Crippen LogP contribution in [-0.4, -0.2) is 40.7 Å².